The average Bonchev–Trinajstić information content (AvgIpc) is 3.13. The number of nitrogens with one attached hydrogen (secondary N) is 1. The Labute approximate surface area is 135 Å². The van der Waals surface area contributed by atoms with Crippen molar-refractivity contribution in [3.63, 3.8) is 0 Å². The summed E-state index contributed by atoms with van der Waals surface area (Å²) < 4.78 is 5.32. The third-order valence-electron chi connectivity index (χ3n) is 4.08. The lowest BCUT2D eigenvalue weighted by atomic mass is 10.0. The van der Waals surface area contributed by atoms with E-state index in [1.54, 1.807) is 12.5 Å². The van der Waals surface area contributed by atoms with Gasteiger partial charge in [-0.15, -0.1) is 0 Å². The van der Waals surface area contributed by atoms with Gasteiger partial charge in [-0.2, -0.15) is 4.98 Å². The van der Waals surface area contributed by atoms with E-state index in [1.165, 1.54) is 11.1 Å². The standard InChI is InChI=1S/C18H18N4O/c1-2-5-15-13-22(10-8-14(15)4-1)18-19-9-7-17(21-18)20-12-16-6-3-11-23-16/h1-7,9,11H,8,10,12-13H2,(H,19,20,21). The van der Waals surface area contributed by atoms with Crippen molar-refractivity contribution in [2.24, 2.45) is 0 Å². The minimum absolute atomic E-state index is 0.617. The first-order valence-corrected chi connectivity index (χ1v) is 7.79. The fourth-order valence-corrected chi connectivity index (χ4v) is 2.86. The maximum atomic E-state index is 5.32. The molecule has 23 heavy (non-hydrogen) atoms. The monoisotopic (exact) mass is 306 g/mol. The molecule has 3 heterocycles. The van der Waals surface area contributed by atoms with Crippen LogP contribution in [-0.4, -0.2) is 16.5 Å². The van der Waals surface area contributed by atoms with Crippen LogP contribution in [0.15, 0.2) is 59.3 Å². The molecule has 0 saturated carbocycles. The van der Waals surface area contributed by atoms with Gasteiger partial charge in [-0.05, 0) is 35.7 Å². The van der Waals surface area contributed by atoms with Gasteiger partial charge in [0.15, 0.2) is 0 Å². The Hall–Kier alpha value is -2.82. The fraction of sp³-hybridized carbons (Fsp3) is 0.222. The lowest BCUT2D eigenvalue weighted by Crippen LogP contribution is -2.31. The van der Waals surface area contributed by atoms with Crippen LogP contribution in [0.1, 0.15) is 16.9 Å². The summed E-state index contributed by atoms with van der Waals surface area (Å²) in [5.41, 5.74) is 2.78. The molecule has 0 unspecified atom stereocenters. The number of rotatable bonds is 4. The molecule has 0 saturated heterocycles. The molecule has 1 aromatic carbocycles. The van der Waals surface area contributed by atoms with E-state index in [-0.39, 0.29) is 0 Å². The zero-order valence-corrected chi connectivity index (χ0v) is 12.8. The Morgan fingerprint density at radius 3 is 2.87 bits per heavy atom. The van der Waals surface area contributed by atoms with Gasteiger partial charge in [0.1, 0.15) is 11.6 Å². The normalized spacial score (nSPS) is 13.7. The van der Waals surface area contributed by atoms with Gasteiger partial charge in [0.25, 0.3) is 0 Å². The minimum Gasteiger partial charge on any atom is -0.467 e. The maximum absolute atomic E-state index is 5.32. The van der Waals surface area contributed by atoms with Gasteiger partial charge in [-0.25, -0.2) is 4.98 Å². The first-order valence-electron chi connectivity index (χ1n) is 7.79. The van der Waals surface area contributed by atoms with Crippen molar-refractivity contribution < 1.29 is 4.42 Å². The molecule has 0 bridgehead atoms. The van der Waals surface area contributed by atoms with Gasteiger partial charge >= 0.3 is 0 Å². The fourth-order valence-electron chi connectivity index (χ4n) is 2.86. The zero-order chi connectivity index (χ0) is 15.5. The molecule has 5 nitrogen and oxygen atoms in total. The second-order valence-corrected chi connectivity index (χ2v) is 5.62. The molecule has 0 aliphatic carbocycles. The van der Waals surface area contributed by atoms with Crippen LogP contribution in [0.4, 0.5) is 11.8 Å². The van der Waals surface area contributed by atoms with Crippen LogP contribution >= 0.6 is 0 Å². The Balaban J connectivity index is 1.48. The molecule has 2 aromatic heterocycles. The molecule has 0 atom stereocenters. The van der Waals surface area contributed by atoms with Crippen LogP contribution in [0, 0.1) is 0 Å². The predicted octanol–water partition coefficient (Wildman–Crippen LogP) is 3.24. The molecular formula is C18H18N4O. The second-order valence-electron chi connectivity index (χ2n) is 5.62. The largest absolute Gasteiger partial charge is 0.467 e. The van der Waals surface area contributed by atoms with E-state index in [0.29, 0.717) is 6.54 Å². The SMILES string of the molecule is c1coc(CNc2ccnc(N3CCc4ccccc4C3)n2)c1. The number of hydrogen-bond donors (Lipinski definition) is 1. The summed E-state index contributed by atoms with van der Waals surface area (Å²) >= 11 is 0. The lowest BCUT2D eigenvalue weighted by molar-refractivity contribution is 0.518. The van der Waals surface area contributed by atoms with Crippen LogP contribution in [0.3, 0.4) is 0 Å². The molecule has 116 valence electrons. The van der Waals surface area contributed by atoms with E-state index in [9.17, 15) is 0 Å². The van der Waals surface area contributed by atoms with E-state index < -0.39 is 0 Å². The first kappa shape index (κ1) is 13.8. The van der Waals surface area contributed by atoms with Crippen molar-refractivity contribution in [1.29, 1.82) is 0 Å². The number of hydrogen-bond acceptors (Lipinski definition) is 5. The van der Waals surface area contributed by atoms with Crippen molar-refractivity contribution >= 4 is 11.8 Å². The second kappa shape index (κ2) is 6.12. The van der Waals surface area contributed by atoms with Crippen LogP contribution < -0.4 is 10.2 Å². The summed E-state index contributed by atoms with van der Waals surface area (Å²) in [6.07, 6.45) is 4.50. The highest BCUT2D eigenvalue weighted by Gasteiger charge is 2.18. The van der Waals surface area contributed by atoms with Gasteiger partial charge in [0.2, 0.25) is 5.95 Å². The molecule has 3 aromatic rings. The quantitative estimate of drug-likeness (QED) is 0.802. The van der Waals surface area contributed by atoms with E-state index in [2.05, 4.69) is 44.5 Å². The molecular weight excluding hydrogens is 288 g/mol. The number of aromatic nitrogens is 2. The number of anilines is 2. The first-order chi connectivity index (χ1) is 11.4. The van der Waals surface area contributed by atoms with Gasteiger partial charge in [0.05, 0.1) is 12.8 Å². The molecule has 1 aliphatic rings. The number of fused-ring (bicyclic) bond motifs is 1. The molecule has 1 N–H and O–H groups in total. The van der Waals surface area contributed by atoms with Crippen molar-refractivity contribution in [1.82, 2.24) is 9.97 Å². The maximum Gasteiger partial charge on any atom is 0.227 e. The topological polar surface area (TPSA) is 54.2 Å². The predicted molar refractivity (Wildman–Crippen MR) is 89.3 cm³/mol. The molecule has 0 fully saturated rings. The van der Waals surface area contributed by atoms with Crippen molar-refractivity contribution in [2.45, 2.75) is 19.5 Å². The highest BCUT2D eigenvalue weighted by molar-refractivity contribution is 5.44. The van der Waals surface area contributed by atoms with Crippen molar-refractivity contribution in [3.05, 3.63) is 71.8 Å². The summed E-state index contributed by atoms with van der Waals surface area (Å²) in [5, 5.41) is 3.27. The van der Waals surface area contributed by atoms with Crippen LogP contribution in [0.25, 0.3) is 0 Å². The van der Waals surface area contributed by atoms with E-state index in [0.717, 1.165) is 37.0 Å². The third-order valence-corrected chi connectivity index (χ3v) is 4.08. The third kappa shape index (κ3) is 3.04. The smallest absolute Gasteiger partial charge is 0.227 e. The van der Waals surface area contributed by atoms with E-state index in [1.807, 2.05) is 18.2 Å². The number of furan rings is 1. The van der Waals surface area contributed by atoms with E-state index >= 15 is 0 Å². The van der Waals surface area contributed by atoms with E-state index in [4.69, 9.17) is 4.42 Å². The average molecular weight is 306 g/mol. The Bertz CT molecular complexity index is 785. The molecule has 4 rings (SSSR count). The highest BCUT2D eigenvalue weighted by atomic mass is 16.3. The summed E-state index contributed by atoms with van der Waals surface area (Å²) in [7, 11) is 0. The van der Waals surface area contributed by atoms with Crippen molar-refractivity contribution in [2.75, 3.05) is 16.8 Å². The van der Waals surface area contributed by atoms with Crippen LogP contribution in [-0.2, 0) is 19.5 Å². The van der Waals surface area contributed by atoms with Crippen molar-refractivity contribution in [3.8, 4) is 0 Å². The summed E-state index contributed by atoms with van der Waals surface area (Å²) in [5.74, 6) is 2.46. The lowest BCUT2D eigenvalue weighted by Gasteiger charge is -2.28. The summed E-state index contributed by atoms with van der Waals surface area (Å²) in [6, 6.07) is 14.3. The highest BCUT2D eigenvalue weighted by Crippen LogP contribution is 2.22. The minimum atomic E-state index is 0.617. The van der Waals surface area contributed by atoms with Gasteiger partial charge < -0.3 is 14.6 Å². The molecule has 1 aliphatic heterocycles. The zero-order valence-electron chi connectivity index (χ0n) is 12.8. The molecule has 0 radical (unpaired) electrons. The number of benzene rings is 1. The Kier molecular flexibility index (Phi) is 3.68. The van der Waals surface area contributed by atoms with Gasteiger partial charge in [-0.1, -0.05) is 24.3 Å². The van der Waals surface area contributed by atoms with Gasteiger partial charge in [-0.3, -0.25) is 0 Å². The van der Waals surface area contributed by atoms with Crippen LogP contribution in [0.5, 0.6) is 0 Å². The summed E-state index contributed by atoms with van der Waals surface area (Å²) in [6.45, 7) is 2.42. The Morgan fingerprint density at radius 2 is 2.00 bits per heavy atom. The van der Waals surface area contributed by atoms with Gasteiger partial charge in [0, 0.05) is 19.3 Å². The molecule has 0 spiro atoms. The molecule has 0 amide bonds. The number of nitrogens with zero attached hydrogens (tertiary/aromatic N) is 3. The summed E-state index contributed by atoms with van der Waals surface area (Å²) in [4.78, 5) is 11.3. The Morgan fingerprint density at radius 1 is 1.09 bits per heavy atom. The van der Waals surface area contributed by atoms with Crippen LogP contribution in [0.2, 0.25) is 0 Å². The molecule has 5 heteroatoms.